The molecule has 2 aromatic rings. The molecule has 0 spiro atoms. The van der Waals surface area contributed by atoms with Crippen molar-refractivity contribution in [2.45, 2.75) is 51.1 Å². The summed E-state index contributed by atoms with van der Waals surface area (Å²) in [6, 6.07) is 5.54. The first-order valence-corrected chi connectivity index (χ1v) is 11.8. The number of fused-ring (bicyclic) bond motifs is 4. The fourth-order valence-electron chi connectivity index (χ4n) is 5.07. The lowest BCUT2D eigenvalue weighted by atomic mass is 9.80. The summed E-state index contributed by atoms with van der Waals surface area (Å²) in [5.74, 6) is 0.982. The van der Waals surface area contributed by atoms with E-state index in [9.17, 15) is 14.4 Å². The second-order valence-electron chi connectivity index (χ2n) is 9.00. The maximum absolute atomic E-state index is 13.1. The molecule has 1 saturated carbocycles. The number of pyridine rings is 1. The fourth-order valence-corrected chi connectivity index (χ4v) is 5.73. The van der Waals surface area contributed by atoms with E-state index in [1.807, 2.05) is 27.8 Å². The molecule has 2 aromatic heterocycles. The van der Waals surface area contributed by atoms with Crippen LogP contribution in [0.3, 0.4) is 0 Å². The molecule has 7 heteroatoms. The maximum Gasteiger partial charge on any atom is 0.263 e. The number of carbonyl (C=O) groups excluding carboxylic acids is 2. The van der Waals surface area contributed by atoms with E-state index < -0.39 is 0 Å². The molecule has 158 valence electrons. The summed E-state index contributed by atoms with van der Waals surface area (Å²) in [4.78, 5) is 40.4. The molecule has 1 saturated heterocycles. The normalized spacial score (nSPS) is 22.9. The highest BCUT2D eigenvalue weighted by molar-refractivity contribution is 7.07. The third-order valence-electron chi connectivity index (χ3n) is 6.92. The van der Waals surface area contributed by atoms with Crippen molar-refractivity contribution < 1.29 is 9.59 Å². The van der Waals surface area contributed by atoms with Gasteiger partial charge in [-0.3, -0.25) is 14.4 Å². The molecule has 1 N–H and O–H groups in total. The summed E-state index contributed by atoms with van der Waals surface area (Å²) in [6.07, 6.45) is 5.30. The Labute approximate surface area is 179 Å². The Bertz CT molecular complexity index is 1010. The van der Waals surface area contributed by atoms with E-state index in [4.69, 9.17) is 0 Å². The molecule has 6 nitrogen and oxygen atoms in total. The lowest BCUT2D eigenvalue weighted by Crippen LogP contribution is -2.50. The molecule has 0 radical (unpaired) electrons. The van der Waals surface area contributed by atoms with Crippen LogP contribution in [0.25, 0.3) is 0 Å². The molecule has 2 bridgehead atoms. The fraction of sp³-hybridized carbons (Fsp3) is 0.522. The van der Waals surface area contributed by atoms with Crippen LogP contribution < -0.4 is 10.9 Å². The number of aromatic nitrogens is 1. The first kappa shape index (κ1) is 19.5. The number of carbonyl (C=O) groups is 2. The summed E-state index contributed by atoms with van der Waals surface area (Å²) in [7, 11) is 0. The summed E-state index contributed by atoms with van der Waals surface area (Å²) in [5.41, 5.74) is 1.99. The second-order valence-corrected chi connectivity index (χ2v) is 9.78. The van der Waals surface area contributed by atoms with Crippen molar-refractivity contribution in [3.8, 4) is 0 Å². The number of likely N-dealkylation sites (tertiary alicyclic amines) is 1. The zero-order chi connectivity index (χ0) is 20.7. The maximum atomic E-state index is 13.1. The van der Waals surface area contributed by atoms with Crippen LogP contribution in [0.4, 0.5) is 0 Å². The van der Waals surface area contributed by atoms with E-state index in [0.717, 1.165) is 24.2 Å². The molecule has 4 heterocycles. The Morgan fingerprint density at radius 1 is 1.13 bits per heavy atom. The molecule has 2 amide bonds. The topological polar surface area (TPSA) is 71.4 Å². The number of amides is 2. The smallest absolute Gasteiger partial charge is 0.263 e. The van der Waals surface area contributed by atoms with Gasteiger partial charge >= 0.3 is 0 Å². The van der Waals surface area contributed by atoms with Crippen molar-refractivity contribution in [1.82, 2.24) is 14.8 Å². The Kier molecular flexibility index (Phi) is 5.23. The van der Waals surface area contributed by atoms with Gasteiger partial charge in [0.15, 0.2) is 0 Å². The Hall–Kier alpha value is -2.41. The highest BCUT2D eigenvalue weighted by atomic mass is 32.1. The first-order valence-electron chi connectivity index (χ1n) is 10.9. The highest BCUT2D eigenvalue weighted by Gasteiger charge is 2.37. The number of hydrogen-bond donors (Lipinski definition) is 1. The minimum Gasteiger partial charge on any atom is -0.348 e. The molecule has 1 aliphatic carbocycles. The molecule has 3 aliphatic rings. The van der Waals surface area contributed by atoms with E-state index in [1.54, 1.807) is 22.0 Å². The van der Waals surface area contributed by atoms with Gasteiger partial charge in [0, 0.05) is 44.2 Å². The average Bonchev–Trinajstić information content (AvgIpc) is 3.23. The number of thiophene rings is 1. The molecular formula is C23H27N3O3S. The van der Waals surface area contributed by atoms with Crippen LogP contribution in [0, 0.1) is 11.8 Å². The van der Waals surface area contributed by atoms with Gasteiger partial charge in [-0.05, 0) is 65.6 Å². The van der Waals surface area contributed by atoms with Crippen molar-refractivity contribution in [2.75, 3.05) is 13.1 Å². The van der Waals surface area contributed by atoms with E-state index in [1.165, 1.54) is 19.3 Å². The average molecular weight is 426 g/mol. The summed E-state index contributed by atoms with van der Waals surface area (Å²) in [5, 5.41) is 6.80. The van der Waals surface area contributed by atoms with Crippen LogP contribution in [0.15, 0.2) is 33.8 Å². The molecule has 2 atom stereocenters. The van der Waals surface area contributed by atoms with Gasteiger partial charge in [0.05, 0.1) is 0 Å². The van der Waals surface area contributed by atoms with Gasteiger partial charge in [-0.25, -0.2) is 0 Å². The van der Waals surface area contributed by atoms with Crippen molar-refractivity contribution >= 4 is 23.2 Å². The largest absolute Gasteiger partial charge is 0.348 e. The van der Waals surface area contributed by atoms with E-state index in [0.29, 0.717) is 32.0 Å². The monoisotopic (exact) mass is 425 g/mol. The van der Waals surface area contributed by atoms with Crippen molar-refractivity contribution in [2.24, 2.45) is 11.8 Å². The van der Waals surface area contributed by atoms with Crippen LogP contribution >= 0.6 is 11.3 Å². The minimum absolute atomic E-state index is 0.179. The van der Waals surface area contributed by atoms with Crippen molar-refractivity contribution in [3.63, 3.8) is 0 Å². The molecule has 2 fully saturated rings. The third kappa shape index (κ3) is 3.71. The van der Waals surface area contributed by atoms with Crippen LogP contribution in [0.1, 0.15) is 59.6 Å². The standard InChI is InChI=1S/C23H27N3O3S/c27-21(9-15-2-1-3-15)25-11-17-8-18(13-25)20-5-4-19(23(29)26(20)12-17)22(28)24-10-16-6-7-30-14-16/h4-7,14-15,17-18H,1-3,8-13H2,(H,24,28)/t17-,18+/m0/s1. The summed E-state index contributed by atoms with van der Waals surface area (Å²) >= 11 is 1.58. The third-order valence-corrected chi connectivity index (χ3v) is 7.65. The second kappa shape index (κ2) is 8.02. The molecule has 0 unspecified atom stereocenters. The summed E-state index contributed by atoms with van der Waals surface area (Å²) in [6.45, 7) is 2.42. The minimum atomic E-state index is -0.325. The van der Waals surface area contributed by atoms with Crippen LogP contribution in [-0.2, 0) is 17.9 Å². The molecule has 30 heavy (non-hydrogen) atoms. The van der Waals surface area contributed by atoms with Gasteiger partial charge in [0.1, 0.15) is 5.56 Å². The Morgan fingerprint density at radius 3 is 2.73 bits per heavy atom. The molecular weight excluding hydrogens is 398 g/mol. The van der Waals surface area contributed by atoms with Gasteiger partial charge in [-0.1, -0.05) is 6.42 Å². The lowest BCUT2D eigenvalue weighted by Gasteiger charge is -2.43. The SMILES string of the molecule is O=C(NCc1ccsc1)c1ccc2n(c1=O)C[C@H]1C[C@@H]2CN(C(=O)CC2CCC2)C1. The van der Waals surface area contributed by atoms with Gasteiger partial charge in [-0.2, -0.15) is 11.3 Å². The predicted molar refractivity (Wildman–Crippen MR) is 116 cm³/mol. The van der Waals surface area contributed by atoms with Crippen molar-refractivity contribution in [3.05, 3.63) is 56.1 Å². The number of nitrogens with one attached hydrogen (secondary N) is 1. The number of hydrogen-bond acceptors (Lipinski definition) is 4. The van der Waals surface area contributed by atoms with Gasteiger partial charge < -0.3 is 14.8 Å². The summed E-state index contributed by atoms with van der Waals surface area (Å²) < 4.78 is 1.78. The van der Waals surface area contributed by atoms with Crippen LogP contribution in [-0.4, -0.2) is 34.4 Å². The highest BCUT2D eigenvalue weighted by Crippen LogP contribution is 2.36. The van der Waals surface area contributed by atoms with Crippen molar-refractivity contribution in [1.29, 1.82) is 0 Å². The van der Waals surface area contributed by atoms with E-state index >= 15 is 0 Å². The Morgan fingerprint density at radius 2 is 2.00 bits per heavy atom. The number of piperidine rings is 1. The van der Waals surface area contributed by atoms with Gasteiger partial charge in [0.25, 0.3) is 11.5 Å². The zero-order valence-electron chi connectivity index (χ0n) is 17.0. The first-order chi connectivity index (χ1) is 14.6. The quantitative estimate of drug-likeness (QED) is 0.801. The van der Waals surface area contributed by atoms with Crippen LogP contribution in [0.2, 0.25) is 0 Å². The van der Waals surface area contributed by atoms with Gasteiger partial charge in [0.2, 0.25) is 5.91 Å². The predicted octanol–water partition coefficient (Wildman–Crippen LogP) is 2.98. The molecule has 0 aromatic carbocycles. The van der Waals surface area contributed by atoms with E-state index in [-0.39, 0.29) is 34.8 Å². The molecule has 5 rings (SSSR count). The lowest BCUT2D eigenvalue weighted by molar-refractivity contribution is -0.135. The number of nitrogens with zero attached hydrogens (tertiary/aromatic N) is 2. The Balaban J connectivity index is 1.31. The molecule has 2 aliphatic heterocycles. The van der Waals surface area contributed by atoms with Gasteiger partial charge in [-0.15, -0.1) is 0 Å². The zero-order valence-corrected chi connectivity index (χ0v) is 17.8. The van der Waals surface area contributed by atoms with E-state index in [2.05, 4.69) is 5.32 Å². The van der Waals surface area contributed by atoms with Crippen LogP contribution in [0.5, 0.6) is 0 Å². The number of rotatable bonds is 5.